The summed E-state index contributed by atoms with van der Waals surface area (Å²) in [4.78, 5) is 10.2. The largest absolute Gasteiger partial charge is 0.324 e. The van der Waals surface area contributed by atoms with Gasteiger partial charge in [-0.2, -0.15) is 0 Å². The SMILES string of the molecule is CCC1(CNCc2csc([N+](=O)[O-])c2)CCC1. The second-order valence-electron chi connectivity index (χ2n) is 4.86. The summed E-state index contributed by atoms with van der Waals surface area (Å²) in [6, 6.07) is 1.66. The van der Waals surface area contributed by atoms with Crippen molar-refractivity contribution in [3.8, 4) is 0 Å². The highest BCUT2D eigenvalue weighted by Crippen LogP contribution is 2.43. The second-order valence-corrected chi connectivity index (χ2v) is 5.75. The van der Waals surface area contributed by atoms with Gasteiger partial charge in [-0.05, 0) is 30.2 Å². The molecule has 0 saturated heterocycles. The molecule has 1 N–H and O–H groups in total. The van der Waals surface area contributed by atoms with Crippen molar-refractivity contribution in [1.29, 1.82) is 0 Å². The fourth-order valence-corrected chi connectivity index (χ4v) is 3.08. The third-order valence-corrected chi connectivity index (χ3v) is 4.74. The van der Waals surface area contributed by atoms with Crippen LogP contribution in [0.4, 0.5) is 5.00 Å². The monoisotopic (exact) mass is 254 g/mol. The Balaban J connectivity index is 1.79. The topological polar surface area (TPSA) is 55.2 Å². The molecule has 0 unspecified atom stereocenters. The molecule has 0 aromatic carbocycles. The number of rotatable bonds is 6. The number of hydrogen-bond acceptors (Lipinski definition) is 4. The lowest BCUT2D eigenvalue weighted by molar-refractivity contribution is -0.380. The second kappa shape index (κ2) is 5.14. The van der Waals surface area contributed by atoms with Gasteiger partial charge in [-0.25, -0.2) is 0 Å². The van der Waals surface area contributed by atoms with E-state index in [0.717, 1.165) is 18.7 Å². The lowest BCUT2D eigenvalue weighted by Gasteiger charge is -2.41. The average Bonchev–Trinajstić information content (AvgIpc) is 2.71. The van der Waals surface area contributed by atoms with Gasteiger partial charge in [0.25, 0.3) is 0 Å². The summed E-state index contributed by atoms with van der Waals surface area (Å²) in [5.74, 6) is 0. The van der Waals surface area contributed by atoms with Crippen LogP contribution >= 0.6 is 11.3 Å². The summed E-state index contributed by atoms with van der Waals surface area (Å²) >= 11 is 1.20. The standard InChI is InChI=1S/C12H18N2O2S/c1-2-12(4-3-5-12)9-13-7-10-6-11(14(15)16)17-8-10/h6,8,13H,2-5,7,9H2,1H3. The van der Waals surface area contributed by atoms with Crippen molar-refractivity contribution in [2.75, 3.05) is 6.54 Å². The Bertz CT molecular complexity index is 393. The van der Waals surface area contributed by atoms with Crippen LogP contribution in [0.2, 0.25) is 0 Å². The van der Waals surface area contributed by atoms with Gasteiger partial charge in [-0.15, -0.1) is 0 Å². The molecule has 1 heterocycles. The first kappa shape index (κ1) is 12.5. The van der Waals surface area contributed by atoms with Gasteiger partial charge >= 0.3 is 5.00 Å². The maximum atomic E-state index is 10.5. The van der Waals surface area contributed by atoms with Crippen LogP contribution in [0.15, 0.2) is 11.4 Å². The minimum Gasteiger partial charge on any atom is -0.312 e. The van der Waals surface area contributed by atoms with Crippen molar-refractivity contribution in [3.63, 3.8) is 0 Å². The first-order valence-electron chi connectivity index (χ1n) is 6.08. The molecule has 94 valence electrons. The summed E-state index contributed by atoms with van der Waals surface area (Å²) in [6.07, 6.45) is 5.21. The first-order valence-corrected chi connectivity index (χ1v) is 6.96. The fraction of sp³-hybridized carbons (Fsp3) is 0.667. The molecule has 5 heteroatoms. The summed E-state index contributed by atoms with van der Waals surface area (Å²) in [5.41, 5.74) is 1.52. The van der Waals surface area contributed by atoms with Crippen LogP contribution in [-0.4, -0.2) is 11.5 Å². The van der Waals surface area contributed by atoms with Crippen molar-refractivity contribution in [3.05, 3.63) is 27.1 Å². The van der Waals surface area contributed by atoms with E-state index >= 15 is 0 Å². The highest BCUT2D eigenvalue weighted by Gasteiger charge is 2.34. The molecule has 2 rings (SSSR count). The van der Waals surface area contributed by atoms with E-state index in [1.165, 1.54) is 37.0 Å². The zero-order valence-electron chi connectivity index (χ0n) is 10.1. The van der Waals surface area contributed by atoms with Crippen LogP contribution in [0.3, 0.4) is 0 Å². The van der Waals surface area contributed by atoms with Gasteiger partial charge in [0, 0.05) is 24.5 Å². The summed E-state index contributed by atoms with van der Waals surface area (Å²) in [6.45, 7) is 4.02. The fourth-order valence-electron chi connectivity index (χ4n) is 2.36. The van der Waals surface area contributed by atoms with Gasteiger partial charge in [0.15, 0.2) is 0 Å². The Labute approximate surface area is 105 Å². The van der Waals surface area contributed by atoms with Crippen LogP contribution in [0.5, 0.6) is 0 Å². The summed E-state index contributed by atoms with van der Waals surface area (Å²) in [5, 5.41) is 16.1. The number of nitrogens with zero attached hydrogens (tertiary/aromatic N) is 1. The number of thiophene rings is 1. The van der Waals surface area contributed by atoms with Crippen LogP contribution in [-0.2, 0) is 6.54 Å². The summed E-state index contributed by atoms with van der Waals surface area (Å²) < 4.78 is 0. The lowest BCUT2D eigenvalue weighted by Crippen LogP contribution is -2.39. The van der Waals surface area contributed by atoms with E-state index in [4.69, 9.17) is 0 Å². The van der Waals surface area contributed by atoms with Gasteiger partial charge in [0.2, 0.25) is 0 Å². The zero-order valence-corrected chi connectivity index (χ0v) is 10.9. The van der Waals surface area contributed by atoms with E-state index in [1.807, 2.05) is 5.38 Å². The predicted molar refractivity (Wildman–Crippen MR) is 69.3 cm³/mol. The van der Waals surface area contributed by atoms with Crippen LogP contribution in [0.25, 0.3) is 0 Å². The van der Waals surface area contributed by atoms with Gasteiger partial charge in [0.1, 0.15) is 0 Å². The number of hydrogen-bond donors (Lipinski definition) is 1. The van der Waals surface area contributed by atoms with Gasteiger partial charge in [0.05, 0.1) is 4.92 Å². The first-order chi connectivity index (χ1) is 8.15. The molecule has 0 radical (unpaired) electrons. The van der Waals surface area contributed by atoms with Crippen molar-refractivity contribution >= 4 is 16.3 Å². The third-order valence-electron chi connectivity index (χ3n) is 3.81. The Morgan fingerprint density at radius 2 is 2.35 bits per heavy atom. The lowest BCUT2D eigenvalue weighted by atomic mass is 9.67. The molecule has 4 nitrogen and oxygen atoms in total. The van der Waals surface area contributed by atoms with E-state index in [2.05, 4.69) is 12.2 Å². The van der Waals surface area contributed by atoms with E-state index in [-0.39, 0.29) is 9.92 Å². The molecule has 0 atom stereocenters. The van der Waals surface area contributed by atoms with E-state index in [1.54, 1.807) is 6.07 Å². The highest BCUT2D eigenvalue weighted by molar-refractivity contribution is 7.13. The molecule has 1 aromatic heterocycles. The predicted octanol–water partition coefficient (Wildman–Crippen LogP) is 3.33. The van der Waals surface area contributed by atoms with Crippen molar-refractivity contribution in [1.82, 2.24) is 5.32 Å². The van der Waals surface area contributed by atoms with Crippen molar-refractivity contribution in [2.24, 2.45) is 5.41 Å². The van der Waals surface area contributed by atoms with Crippen LogP contribution < -0.4 is 5.32 Å². The molecule has 1 aliphatic rings. The van der Waals surface area contributed by atoms with Crippen molar-refractivity contribution in [2.45, 2.75) is 39.2 Å². The Kier molecular flexibility index (Phi) is 3.79. The minimum absolute atomic E-state index is 0.232. The Morgan fingerprint density at radius 3 is 2.82 bits per heavy atom. The smallest absolute Gasteiger partial charge is 0.312 e. The number of nitrogens with one attached hydrogen (secondary N) is 1. The Morgan fingerprint density at radius 1 is 1.59 bits per heavy atom. The van der Waals surface area contributed by atoms with E-state index < -0.39 is 0 Å². The molecule has 1 aliphatic carbocycles. The molecule has 0 amide bonds. The molecule has 1 fully saturated rings. The van der Waals surface area contributed by atoms with Crippen LogP contribution in [0.1, 0.15) is 38.2 Å². The maximum absolute atomic E-state index is 10.5. The van der Waals surface area contributed by atoms with Crippen LogP contribution in [0, 0.1) is 15.5 Å². The Hall–Kier alpha value is -0.940. The molecule has 1 aromatic rings. The molecule has 0 aliphatic heterocycles. The van der Waals surface area contributed by atoms with E-state index in [9.17, 15) is 10.1 Å². The quantitative estimate of drug-likeness (QED) is 0.626. The van der Waals surface area contributed by atoms with Gasteiger partial charge in [-0.1, -0.05) is 24.7 Å². The zero-order chi connectivity index (χ0) is 12.3. The average molecular weight is 254 g/mol. The van der Waals surface area contributed by atoms with Gasteiger partial charge in [-0.3, -0.25) is 10.1 Å². The van der Waals surface area contributed by atoms with Crippen molar-refractivity contribution < 1.29 is 4.92 Å². The molecule has 17 heavy (non-hydrogen) atoms. The molecule has 0 spiro atoms. The molecular formula is C12H18N2O2S. The van der Waals surface area contributed by atoms with Gasteiger partial charge < -0.3 is 5.32 Å². The molecule has 0 bridgehead atoms. The molecular weight excluding hydrogens is 236 g/mol. The maximum Gasteiger partial charge on any atom is 0.324 e. The molecule has 1 saturated carbocycles. The number of nitro groups is 1. The third kappa shape index (κ3) is 2.84. The minimum atomic E-state index is -0.326. The highest BCUT2D eigenvalue weighted by atomic mass is 32.1. The van der Waals surface area contributed by atoms with E-state index in [0.29, 0.717) is 5.41 Å². The normalized spacial score (nSPS) is 17.7. The summed E-state index contributed by atoms with van der Waals surface area (Å²) in [7, 11) is 0.